The highest BCUT2D eigenvalue weighted by molar-refractivity contribution is 9.11. The molecule has 0 saturated heterocycles. The number of hydrogen-bond acceptors (Lipinski definition) is 1. The van der Waals surface area contributed by atoms with Gasteiger partial charge in [-0.15, -0.1) is 0 Å². The van der Waals surface area contributed by atoms with E-state index in [1.54, 1.807) is 0 Å². The molecule has 0 bridgehead atoms. The molecule has 0 unspecified atom stereocenters. The number of allylic oxidation sites excluding steroid dienone is 2. The van der Waals surface area contributed by atoms with Gasteiger partial charge in [0.1, 0.15) is 0 Å². The van der Waals surface area contributed by atoms with Crippen LogP contribution in [-0.4, -0.2) is 11.9 Å². The molecule has 1 nitrogen and oxygen atoms in total. The zero-order chi connectivity index (χ0) is 9.02. The minimum Gasteiger partial charge on any atom is -0.355 e. The zero-order valence-electron chi connectivity index (χ0n) is 7.69. The van der Waals surface area contributed by atoms with Crippen LogP contribution in [0, 0.1) is 5.92 Å². The van der Waals surface area contributed by atoms with Gasteiger partial charge < -0.3 is 4.90 Å². The zero-order valence-corrected chi connectivity index (χ0v) is 9.27. The molecule has 0 radical (unpaired) electrons. The predicted molar refractivity (Wildman–Crippen MR) is 54.4 cm³/mol. The summed E-state index contributed by atoms with van der Waals surface area (Å²) in [5, 5.41) is 0. The van der Waals surface area contributed by atoms with Crippen LogP contribution in [0.2, 0.25) is 0 Å². The average Bonchev–Trinajstić information content (AvgIpc) is 1.87. The molecule has 64 valence electrons. The molecule has 0 atom stereocenters. The standard InChI is InChI=1S/C9H16BrN/c1-7(2)9(10)6-11(5)8(3)4/h6-7H,3H2,1-2,4-5H3/b9-6-. The summed E-state index contributed by atoms with van der Waals surface area (Å²) >= 11 is 3.49. The third-order valence-corrected chi connectivity index (χ3v) is 2.59. The normalized spacial score (nSPS) is 12.0. The van der Waals surface area contributed by atoms with Crippen molar-refractivity contribution < 1.29 is 0 Å². The van der Waals surface area contributed by atoms with E-state index in [-0.39, 0.29) is 0 Å². The second-order valence-corrected chi connectivity index (χ2v) is 3.93. The predicted octanol–water partition coefficient (Wildman–Crippen LogP) is 3.34. The molecule has 0 spiro atoms. The number of hydrogen-bond donors (Lipinski definition) is 0. The van der Waals surface area contributed by atoms with Crippen LogP contribution in [0.15, 0.2) is 23.0 Å². The Kier molecular flexibility index (Phi) is 4.50. The van der Waals surface area contributed by atoms with Crippen LogP contribution in [0.25, 0.3) is 0 Å². The molecule has 0 saturated carbocycles. The first-order valence-corrected chi connectivity index (χ1v) is 4.50. The van der Waals surface area contributed by atoms with E-state index in [9.17, 15) is 0 Å². The Balaban J connectivity index is 4.19. The van der Waals surface area contributed by atoms with Crippen molar-refractivity contribution >= 4 is 15.9 Å². The first-order chi connectivity index (χ1) is 4.95. The quantitative estimate of drug-likeness (QED) is 0.702. The van der Waals surface area contributed by atoms with Crippen LogP contribution >= 0.6 is 15.9 Å². The highest BCUT2D eigenvalue weighted by atomic mass is 79.9. The van der Waals surface area contributed by atoms with Crippen molar-refractivity contribution in [2.45, 2.75) is 20.8 Å². The summed E-state index contributed by atoms with van der Waals surface area (Å²) in [6.45, 7) is 10.1. The molecule has 0 heterocycles. The highest BCUT2D eigenvalue weighted by Gasteiger charge is 1.99. The van der Waals surface area contributed by atoms with E-state index < -0.39 is 0 Å². The van der Waals surface area contributed by atoms with E-state index in [0.717, 1.165) is 5.70 Å². The van der Waals surface area contributed by atoms with Crippen molar-refractivity contribution in [1.29, 1.82) is 0 Å². The van der Waals surface area contributed by atoms with E-state index in [2.05, 4.69) is 36.4 Å². The molecule has 0 aliphatic heterocycles. The average molecular weight is 218 g/mol. The molecule has 0 aliphatic rings. The first-order valence-electron chi connectivity index (χ1n) is 3.70. The second-order valence-electron chi connectivity index (χ2n) is 3.01. The topological polar surface area (TPSA) is 3.24 Å². The van der Waals surface area contributed by atoms with Crippen molar-refractivity contribution in [2.75, 3.05) is 7.05 Å². The van der Waals surface area contributed by atoms with E-state index in [4.69, 9.17) is 0 Å². The maximum Gasteiger partial charge on any atom is 0.0138 e. The Morgan fingerprint density at radius 2 is 2.00 bits per heavy atom. The van der Waals surface area contributed by atoms with Gasteiger partial charge in [-0.1, -0.05) is 36.4 Å². The van der Waals surface area contributed by atoms with E-state index >= 15 is 0 Å². The van der Waals surface area contributed by atoms with Gasteiger partial charge >= 0.3 is 0 Å². The molecule has 0 aliphatic carbocycles. The number of rotatable bonds is 3. The number of nitrogens with zero attached hydrogens (tertiary/aromatic N) is 1. The second kappa shape index (κ2) is 4.60. The minimum absolute atomic E-state index is 0.539. The lowest BCUT2D eigenvalue weighted by molar-refractivity contribution is 0.564. The summed E-state index contributed by atoms with van der Waals surface area (Å²) < 4.78 is 1.20. The van der Waals surface area contributed by atoms with E-state index in [0.29, 0.717) is 5.92 Å². The summed E-state index contributed by atoms with van der Waals surface area (Å²) in [5.74, 6) is 0.539. The van der Waals surface area contributed by atoms with Crippen LogP contribution in [0.5, 0.6) is 0 Å². The van der Waals surface area contributed by atoms with Crippen molar-refractivity contribution in [1.82, 2.24) is 4.90 Å². The van der Waals surface area contributed by atoms with Crippen molar-refractivity contribution in [2.24, 2.45) is 5.92 Å². The Bertz CT molecular complexity index is 170. The molecule has 0 aromatic rings. The van der Waals surface area contributed by atoms with Crippen molar-refractivity contribution in [3.63, 3.8) is 0 Å². The Morgan fingerprint density at radius 1 is 1.55 bits per heavy atom. The lowest BCUT2D eigenvalue weighted by Gasteiger charge is -2.15. The summed E-state index contributed by atoms with van der Waals surface area (Å²) in [6, 6.07) is 0. The molecule has 0 aromatic carbocycles. The van der Waals surface area contributed by atoms with Gasteiger partial charge in [0.05, 0.1) is 0 Å². The largest absolute Gasteiger partial charge is 0.355 e. The fourth-order valence-electron chi connectivity index (χ4n) is 0.444. The third kappa shape index (κ3) is 4.25. The third-order valence-electron chi connectivity index (χ3n) is 1.47. The van der Waals surface area contributed by atoms with Crippen LogP contribution in [0.4, 0.5) is 0 Å². The number of halogens is 1. The van der Waals surface area contributed by atoms with Gasteiger partial charge in [0, 0.05) is 23.4 Å². The molecular formula is C9H16BrN. The van der Waals surface area contributed by atoms with Crippen molar-refractivity contribution in [3.05, 3.63) is 23.0 Å². The summed E-state index contributed by atoms with van der Waals surface area (Å²) in [5.41, 5.74) is 1.04. The maximum absolute atomic E-state index is 3.83. The summed E-state index contributed by atoms with van der Waals surface area (Å²) in [6.07, 6.45) is 2.05. The molecule has 0 fully saturated rings. The van der Waals surface area contributed by atoms with Gasteiger partial charge in [0.25, 0.3) is 0 Å². The molecule has 0 N–H and O–H groups in total. The molecule has 2 heteroatoms. The fraction of sp³-hybridized carbons (Fsp3) is 0.556. The maximum atomic E-state index is 3.83. The van der Waals surface area contributed by atoms with E-state index in [1.807, 2.05) is 25.1 Å². The Morgan fingerprint density at radius 3 is 2.27 bits per heavy atom. The van der Waals surface area contributed by atoms with Crippen LogP contribution < -0.4 is 0 Å². The van der Waals surface area contributed by atoms with Gasteiger partial charge in [-0.3, -0.25) is 0 Å². The lowest BCUT2D eigenvalue weighted by Crippen LogP contribution is -2.07. The fourth-order valence-corrected chi connectivity index (χ4v) is 0.751. The lowest BCUT2D eigenvalue weighted by atomic mass is 10.2. The van der Waals surface area contributed by atoms with Crippen molar-refractivity contribution in [3.8, 4) is 0 Å². The van der Waals surface area contributed by atoms with Crippen LogP contribution in [0.1, 0.15) is 20.8 Å². The molecule has 0 rings (SSSR count). The molecule has 0 amide bonds. The Hall–Kier alpha value is -0.240. The smallest absolute Gasteiger partial charge is 0.0138 e. The van der Waals surface area contributed by atoms with Gasteiger partial charge in [-0.05, 0) is 12.8 Å². The van der Waals surface area contributed by atoms with Gasteiger partial charge in [0.15, 0.2) is 0 Å². The monoisotopic (exact) mass is 217 g/mol. The van der Waals surface area contributed by atoms with E-state index in [1.165, 1.54) is 4.48 Å². The van der Waals surface area contributed by atoms with Crippen LogP contribution in [-0.2, 0) is 0 Å². The first kappa shape index (κ1) is 10.8. The molecule has 0 aromatic heterocycles. The van der Waals surface area contributed by atoms with Gasteiger partial charge in [-0.25, -0.2) is 0 Å². The van der Waals surface area contributed by atoms with Gasteiger partial charge in [0.2, 0.25) is 0 Å². The summed E-state index contributed by atoms with van der Waals surface area (Å²) in [7, 11) is 1.99. The van der Waals surface area contributed by atoms with Crippen LogP contribution in [0.3, 0.4) is 0 Å². The molecular weight excluding hydrogens is 202 g/mol. The summed E-state index contributed by atoms with van der Waals surface area (Å²) in [4.78, 5) is 2.00. The molecule has 11 heavy (non-hydrogen) atoms. The highest BCUT2D eigenvalue weighted by Crippen LogP contribution is 2.17. The van der Waals surface area contributed by atoms with Gasteiger partial charge in [-0.2, -0.15) is 0 Å². The SMILES string of the molecule is C=C(C)N(C)/C=C(\Br)C(C)C. The Labute approximate surface area is 77.9 Å². The minimum atomic E-state index is 0.539.